The van der Waals surface area contributed by atoms with E-state index in [4.69, 9.17) is 4.42 Å². The summed E-state index contributed by atoms with van der Waals surface area (Å²) < 4.78 is 11.5. The van der Waals surface area contributed by atoms with Gasteiger partial charge in [0, 0.05) is 42.6 Å². The quantitative estimate of drug-likeness (QED) is 0.200. The van der Waals surface area contributed by atoms with Crippen LogP contribution in [0.2, 0.25) is 0 Å². The van der Waals surface area contributed by atoms with Crippen molar-refractivity contribution in [1.82, 2.24) is 4.57 Å². The number of fused-ring (bicyclic) bond motifs is 9. The third-order valence-electron chi connectivity index (χ3n) is 9.22. The monoisotopic (exact) mass is 591 g/mol. The average molecular weight is 592 g/mol. The predicted octanol–water partition coefficient (Wildman–Crippen LogP) is 12.4. The van der Waals surface area contributed by atoms with Crippen LogP contribution in [0.3, 0.4) is 0 Å². The van der Waals surface area contributed by atoms with E-state index in [9.17, 15) is 0 Å². The fraction of sp³-hybridized carbons (Fsp3) is 0. The van der Waals surface area contributed by atoms with Crippen molar-refractivity contribution >= 4 is 75.3 Å². The molecule has 0 aliphatic rings. The van der Waals surface area contributed by atoms with Crippen molar-refractivity contribution in [3.05, 3.63) is 152 Å². The van der Waals surface area contributed by atoms with Gasteiger partial charge in [-0.1, -0.05) is 121 Å². The van der Waals surface area contributed by atoms with E-state index >= 15 is 0 Å². The molecular formula is C42H25NOS. The summed E-state index contributed by atoms with van der Waals surface area (Å²) in [5, 5.41) is 7.38. The fourth-order valence-corrected chi connectivity index (χ4v) is 8.47. The lowest BCUT2D eigenvalue weighted by Crippen LogP contribution is -1.94. The Hall–Kier alpha value is -5.64. The van der Waals surface area contributed by atoms with Crippen LogP contribution in [-0.2, 0) is 0 Å². The highest BCUT2D eigenvalue weighted by atomic mass is 32.1. The normalized spacial score (nSPS) is 12.0. The van der Waals surface area contributed by atoms with Crippen molar-refractivity contribution in [2.24, 2.45) is 0 Å². The summed E-state index contributed by atoms with van der Waals surface area (Å²) in [4.78, 5) is 0. The second-order valence-corrected chi connectivity index (χ2v) is 12.7. The van der Waals surface area contributed by atoms with Crippen LogP contribution in [-0.4, -0.2) is 4.57 Å². The molecule has 10 rings (SSSR count). The Kier molecular flexibility index (Phi) is 5.19. The Morgan fingerprint density at radius 2 is 1.18 bits per heavy atom. The molecule has 0 atom stereocenters. The summed E-state index contributed by atoms with van der Waals surface area (Å²) in [6.45, 7) is 0. The molecule has 3 aromatic heterocycles. The van der Waals surface area contributed by atoms with Gasteiger partial charge in [0.2, 0.25) is 0 Å². The molecule has 10 aromatic rings. The van der Waals surface area contributed by atoms with E-state index in [1.165, 1.54) is 64.4 Å². The van der Waals surface area contributed by atoms with Gasteiger partial charge >= 0.3 is 0 Å². The van der Waals surface area contributed by atoms with E-state index in [2.05, 4.69) is 150 Å². The van der Waals surface area contributed by atoms with E-state index in [1.807, 2.05) is 17.4 Å². The molecule has 0 N–H and O–H groups in total. The lowest BCUT2D eigenvalue weighted by Gasteiger charge is -2.11. The number of rotatable bonds is 3. The number of hydrogen-bond acceptors (Lipinski definition) is 2. The zero-order chi connectivity index (χ0) is 29.5. The largest absolute Gasteiger partial charge is 0.455 e. The van der Waals surface area contributed by atoms with Gasteiger partial charge in [-0.3, -0.25) is 0 Å². The summed E-state index contributed by atoms with van der Waals surface area (Å²) in [7, 11) is 0. The molecule has 2 nitrogen and oxygen atoms in total. The maximum atomic E-state index is 6.50. The number of thiophene rings is 1. The maximum Gasteiger partial charge on any atom is 0.143 e. The topological polar surface area (TPSA) is 18.1 Å². The van der Waals surface area contributed by atoms with E-state index in [-0.39, 0.29) is 0 Å². The molecular weight excluding hydrogens is 567 g/mol. The Labute approximate surface area is 263 Å². The lowest BCUT2D eigenvalue weighted by molar-refractivity contribution is 0.670. The molecule has 0 unspecified atom stereocenters. The van der Waals surface area contributed by atoms with Gasteiger partial charge < -0.3 is 8.98 Å². The zero-order valence-electron chi connectivity index (χ0n) is 24.2. The molecule has 0 aliphatic carbocycles. The minimum atomic E-state index is 0.922. The fourth-order valence-electron chi connectivity index (χ4n) is 7.23. The minimum absolute atomic E-state index is 0.922. The second-order valence-electron chi connectivity index (χ2n) is 11.7. The van der Waals surface area contributed by atoms with Gasteiger partial charge in [-0.05, 0) is 47.0 Å². The molecule has 0 saturated heterocycles. The molecule has 0 aliphatic heterocycles. The van der Waals surface area contributed by atoms with Crippen molar-refractivity contribution in [1.29, 1.82) is 0 Å². The average Bonchev–Trinajstić information content (AvgIpc) is 3.78. The van der Waals surface area contributed by atoms with Gasteiger partial charge in [0.15, 0.2) is 0 Å². The van der Waals surface area contributed by atoms with Crippen LogP contribution in [0.25, 0.3) is 91.9 Å². The summed E-state index contributed by atoms with van der Waals surface area (Å²) in [6, 6.07) is 54.6. The zero-order valence-corrected chi connectivity index (χ0v) is 25.0. The highest BCUT2D eigenvalue weighted by Gasteiger charge is 2.20. The summed E-state index contributed by atoms with van der Waals surface area (Å²) in [5.41, 5.74) is 10.3. The van der Waals surface area contributed by atoms with Gasteiger partial charge in [-0.15, -0.1) is 11.3 Å². The smallest absolute Gasteiger partial charge is 0.143 e. The maximum absolute atomic E-state index is 6.50. The van der Waals surface area contributed by atoms with Crippen molar-refractivity contribution in [3.63, 3.8) is 0 Å². The summed E-state index contributed by atoms with van der Waals surface area (Å²) >= 11 is 1.87. The van der Waals surface area contributed by atoms with Gasteiger partial charge in [0.25, 0.3) is 0 Å². The Bertz CT molecular complexity index is 2760. The molecule has 3 heterocycles. The molecule has 45 heavy (non-hydrogen) atoms. The summed E-state index contributed by atoms with van der Waals surface area (Å²) in [5.74, 6) is 0. The number of nitrogens with zero attached hydrogens (tertiary/aromatic N) is 1. The molecule has 0 radical (unpaired) electrons. The molecule has 0 bridgehead atoms. The molecule has 7 aromatic carbocycles. The predicted molar refractivity (Wildman–Crippen MR) is 192 cm³/mol. The van der Waals surface area contributed by atoms with Crippen molar-refractivity contribution < 1.29 is 4.42 Å². The molecule has 0 spiro atoms. The Morgan fingerprint density at radius 3 is 2.11 bits per heavy atom. The van der Waals surface area contributed by atoms with Crippen LogP contribution >= 0.6 is 11.3 Å². The number of aromatic nitrogens is 1. The highest BCUT2D eigenvalue weighted by molar-refractivity contribution is 7.26. The number of hydrogen-bond donors (Lipinski definition) is 0. The summed E-state index contributed by atoms with van der Waals surface area (Å²) in [6.07, 6.45) is 0. The molecule has 0 saturated carbocycles. The molecule has 3 heteroatoms. The molecule has 210 valence electrons. The van der Waals surface area contributed by atoms with Crippen molar-refractivity contribution in [3.8, 4) is 27.9 Å². The minimum Gasteiger partial charge on any atom is -0.455 e. The van der Waals surface area contributed by atoms with E-state index in [1.54, 1.807) is 0 Å². The van der Waals surface area contributed by atoms with Crippen molar-refractivity contribution in [2.75, 3.05) is 0 Å². The van der Waals surface area contributed by atoms with Crippen LogP contribution in [0.15, 0.2) is 156 Å². The second kappa shape index (κ2) is 9.43. The van der Waals surface area contributed by atoms with Gasteiger partial charge in [0.1, 0.15) is 11.2 Å². The third kappa shape index (κ3) is 3.56. The van der Waals surface area contributed by atoms with Gasteiger partial charge in [0.05, 0.1) is 21.4 Å². The third-order valence-corrected chi connectivity index (χ3v) is 10.4. The number of furan rings is 1. The Morgan fingerprint density at radius 1 is 0.467 bits per heavy atom. The van der Waals surface area contributed by atoms with Crippen LogP contribution in [0.1, 0.15) is 0 Å². The first-order valence-corrected chi connectivity index (χ1v) is 16.1. The number of para-hydroxylation sites is 3. The van der Waals surface area contributed by atoms with Crippen LogP contribution in [0, 0.1) is 0 Å². The molecule has 0 amide bonds. The van der Waals surface area contributed by atoms with Gasteiger partial charge in [-0.25, -0.2) is 0 Å². The van der Waals surface area contributed by atoms with Crippen LogP contribution in [0.4, 0.5) is 0 Å². The van der Waals surface area contributed by atoms with E-state index < -0.39 is 0 Å². The Balaban J connectivity index is 1.27. The standard InChI is InChI=1S/C42H25NOS/c1-2-11-26(12-3-1)27-23-24-29-28-13-4-6-19-35(28)43(37(29)25-27)36-20-9-18-34-40-31(15-10-22-39(40)45-42(34)36)33-17-8-16-32-30-14-5-7-21-38(30)44-41(32)33/h1-25H. The first-order valence-electron chi connectivity index (χ1n) is 15.3. The first kappa shape index (κ1) is 24.8. The van der Waals surface area contributed by atoms with Gasteiger partial charge in [-0.2, -0.15) is 0 Å². The van der Waals surface area contributed by atoms with Crippen molar-refractivity contribution in [2.45, 2.75) is 0 Å². The number of benzene rings is 7. The van der Waals surface area contributed by atoms with Crippen LogP contribution in [0.5, 0.6) is 0 Å². The lowest BCUT2D eigenvalue weighted by atomic mass is 9.97. The molecule has 0 fully saturated rings. The SMILES string of the molecule is c1ccc(-c2ccc3c4ccccc4n(-c4cccc5c4sc4cccc(-c6cccc7c6oc6ccccc67)c45)c3c2)cc1. The highest BCUT2D eigenvalue weighted by Crippen LogP contribution is 2.46. The van der Waals surface area contributed by atoms with E-state index in [0.29, 0.717) is 0 Å². The van der Waals surface area contributed by atoms with Crippen LogP contribution < -0.4 is 0 Å². The van der Waals surface area contributed by atoms with E-state index in [0.717, 1.165) is 27.5 Å². The first-order chi connectivity index (χ1) is 22.3.